The number of thiophene rings is 1. The topological polar surface area (TPSA) is 52.6 Å². The molecule has 4 nitrogen and oxygen atoms in total. The van der Waals surface area contributed by atoms with Crippen molar-refractivity contribution in [1.82, 2.24) is 10.2 Å². The quantitative estimate of drug-likeness (QED) is 0.844. The molecular weight excluding hydrogens is 272 g/mol. The van der Waals surface area contributed by atoms with Gasteiger partial charge in [-0.05, 0) is 37.3 Å². The summed E-state index contributed by atoms with van der Waals surface area (Å²) in [7, 11) is 0. The minimum absolute atomic E-state index is 0.0496. The first kappa shape index (κ1) is 15.5. The molecule has 0 bridgehead atoms. The number of nitrogens with zero attached hydrogens (tertiary/aromatic N) is 1. The second-order valence-electron chi connectivity index (χ2n) is 5.37. The van der Waals surface area contributed by atoms with E-state index < -0.39 is 0 Å². The maximum Gasteiger partial charge on any atom is 0.234 e. The average Bonchev–Trinajstić information content (AvgIpc) is 2.98. The van der Waals surface area contributed by atoms with Crippen molar-refractivity contribution in [3.8, 4) is 0 Å². The molecule has 1 aromatic rings. The lowest BCUT2D eigenvalue weighted by molar-refractivity contribution is -0.124. The predicted octanol–water partition coefficient (Wildman–Crippen LogP) is 1.99. The second-order valence-corrected chi connectivity index (χ2v) is 6.40. The van der Waals surface area contributed by atoms with Crippen molar-refractivity contribution < 1.29 is 9.90 Å². The van der Waals surface area contributed by atoms with E-state index >= 15 is 0 Å². The molecule has 2 unspecified atom stereocenters. The summed E-state index contributed by atoms with van der Waals surface area (Å²) < 4.78 is 0. The van der Waals surface area contributed by atoms with Gasteiger partial charge in [-0.3, -0.25) is 9.69 Å². The van der Waals surface area contributed by atoms with Crippen LogP contribution in [0.2, 0.25) is 0 Å². The first-order valence-electron chi connectivity index (χ1n) is 7.42. The maximum absolute atomic E-state index is 12.0. The van der Waals surface area contributed by atoms with Crippen LogP contribution in [0.1, 0.15) is 37.5 Å². The Labute approximate surface area is 124 Å². The van der Waals surface area contributed by atoms with Crippen LogP contribution < -0.4 is 5.32 Å². The Morgan fingerprint density at radius 2 is 2.45 bits per heavy atom. The van der Waals surface area contributed by atoms with Gasteiger partial charge in [0.25, 0.3) is 0 Å². The second kappa shape index (κ2) is 7.76. The van der Waals surface area contributed by atoms with Gasteiger partial charge >= 0.3 is 0 Å². The number of aliphatic hydroxyl groups is 1. The fourth-order valence-electron chi connectivity index (χ4n) is 2.76. The summed E-state index contributed by atoms with van der Waals surface area (Å²) in [5.41, 5.74) is 0. The molecule has 1 aromatic heterocycles. The molecule has 112 valence electrons. The SMILES string of the molecule is CCC(O)C1CCCCN1CC(=O)NCc1cccs1. The molecule has 0 saturated carbocycles. The van der Waals surface area contributed by atoms with Crippen LogP contribution in [0.25, 0.3) is 0 Å². The standard InChI is InChI=1S/C15H24N2O2S/c1-2-14(18)13-7-3-4-8-17(13)11-15(19)16-10-12-6-5-9-20-12/h5-6,9,13-14,18H,2-4,7-8,10-11H2,1H3,(H,16,19). The highest BCUT2D eigenvalue weighted by atomic mass is 32.1. The summed E-state index contributed by atoms with van der Waals surface area (Å²) in [5.74, 6) is 0.0496. The van der Waals surface area contributed by atoms with Crippen molar-refractivity contribution in [2.75, 3.05) is 13.1 Å². The lowest BCUT2D eigenvalue weighted by Gasteiger charge is -2.37. The largest absolute Gasteiger partial charge is 0.392 e. The van der Waals surface area contributed by atoms with Crippen LogP contribution in [0.4, 0.5) is 0 Å². The molecule has 0 aromatic carbocycles. The first-order valence-corrected chi connectivity index (χ1v) is 8.30. The van der Waals surface area contributed by atoms with Gasteiger partial charge in [-0.2, -0.15) is 0 Å². The summed E-state index contributed by atoms with van der Waals surface area (Å²) in [5, 5.41) is 15.0. The average molecular weight is 296 g/mol. The minimum atomic E-state index is -0.319. The Hall–Kier alpha value is -0.910. The molecule has 1 aliphatic rings. The zero-order valence-corrected chi connectivity index (χ0v) is 12.9. The van der Waals surface area contributed by atoms with Gasteiger partial charge < -0.3 is 10.4 Å². The van der Waals surface area contributed by atoms with Gasteiger partial charge in [-0.25, -0.2) is 0 Å². The van der Waals surface area contributed by atoms with Crippen molar-refractivity contribution in [3.05, 3.63) is 22.4 Å². The normalized spacial score (nSPS) is 21.6. The van der Waals surface area contributed by atoms with E-state index in [1.54, 1.807) is 11.3 Å². The number of rotatable bonds is 6. The maximum atomic E-state index is 12.0. The molecule has 20 heavy (non-hydrogen) atoms. The van der Waals surface area contributed by atoms with Gasteiger partial charge in [0.1, 0.15) is 0 Å². The number of carbonyl (C=O) groups excluding carboxylic acids is 1. The Bertz CT molecular complexity index is 408. The van der Waals surface area contributed by atoms with E-state index in [-0.39, 0.29) is 18.1 Å². The highest BCUT2D eigenvalue weighted by molar-refractivity contribution is 7.09. The van der Waals surface area contributed by atoms with E-state index in [0.29, 0.717) is 13.1 Å². The van der Waals surface area contributed by atoms with Crippen LogP contribution in [0.3, 0.4) is 0 Å². The van der Waals surface area contributed by atoms with Crippen molar-refractivity contribution in [2.24, 2.45) is 0 Å². The number of amides is 1. The van der Waals surface area contributed by atoms with E-state index in [1.165, 1.54) is 4.88 Å². The number of aliphatic hydroxyl groups excluding tert-OH is 1. The minimum Gasteiger partial charge on any atom is -0.392 e. The third kappa shape index (κ3) is 4.30. The summed E-state index contributed by atoms with van der Waals surface area (Å²) in [6, 6.07) is 4.15. The molecule has 2 N–H and O–H groups in total. The van der Waals surface area contributed by atoms with Gasteiger partial charge in [-0.15, -0.1) is 11.3 Å². The van der Waals surface area contributed by atoms with E-state index in [1.807, 2.05) is 24.4 Å². The number of nitrogens with one attached hydrogen (secondary N) is 1. The van der Waals surface area contributed by atoms with Crippen LogP contribution in [0.5, 0.6) is 0 Å². The molecule has 5 heteroatoms. The highest BCUT2D eigenvalue weighted by Gasteiger charge is 2.28. The molecule has 1 saturated heterocycles. The Balaban J connectivity index is 1.81. The monoisotopic (exact) mass is 296 g/mol. The van der Waals surface area contributed by atoms with E-state index in [9.17, 15) is 9.90 Å². The molecular formula is C15H24N2O2S. The number of piperidine rings is 1. The smallest absolute Gasteiger partial charge is 0.234 e. The molecule has 2 atom stereocenters. The predicted molar refractivity (Wildman–Crippen MR) is 81.7 cm³/mol. The summed E-state index contributed by atoms with van der Waals surface area (Å²) in [6.45, 7) is 3.90. The molecule has 0 aliphatic carbocycles. The van der Waals surface area contributed by atoms with Crippen molar-refractivity contribution >= 4 is 17.2 Å². The van der Waals surface area contributed by atoms with Crippen molar-refractivity contribution in [3.63, 3.8) is 0 Å². The van der Waals surface area contributed by atoms with Gasteiger partial charge in [0.2, 0.25) is 5.91 Å². The number of carbonyl (C=O) groups is 1. The Kier molecular flexibility index (Phi) is 6.01. The van der Waals surface area contributed by atoms with Crippen LogP contribution in [-0.4, -0.2) is 41.1 Å². The number of hydrogen-bond acceptors (Lipinski definition) is 4. The fourth-order valence-corrected chi connectivity index (χ4v) is 3.40. The zero-order valence-electron chi connectivity index (χ0n) is 12.0. The fraction of sp³-hybridized carbons (Fsp3) is 0.667. The van der Waals surface area contributed by atoms with E-state index in [4.69, 9.17) is 0 Å². The highest BCUT2D eigenvalue weighted by Crippen LogP contribution is 2.20. The van der Waals surface area contributed by atoms with Crippen LogP contribution in [0.15, 0.2) is 17.5 Å². The van der Waals surface area contributed by atoms with Gasteiger partial charge in [0, 0.05) is 10.9 Å². The van der Waals surface area contributed by atoms with Crippen molar-refractivity contribution in [2.45, 2.75) is 51.3 Å². The van der Waals surface area contributed by atoms with Gasteiger partial charge in [0.05, 0.1) is 19.2 Å². The summed E-state index contributed by atoms with van der Waals surface area (Å²) >= 11 is 1.65. The van der Waals surface area contributed by atoms with Crippen LogP contribution in [-0.2, 0) is 11.3 Å². The third-order valence-electron chi connectivity index (χ3n) is 3.91. The molecule has 2 rings (SSSR count). The van der Waals surface area contributed by atoms with Gasteiger partial charge in [0.15, 0.2) is 0 Å². The molecule has 2 heterocycles. The number of likely N-dealkylation sites (tertiary alicyclic amines) is 1. The van der Waals surface area contributed by atoms with E-state index in [2.05, 4.69) is 10.2 Å². The van der Waals surface area contributed by atoms with E-state index in [0.717, 1.165) is 32.2 Å². The third-order valence-corrected chi connectivity index (χ3v) is 4.79. The first-order chi connectivity index (χ1) is 9.70. The Morgan fingerprint density at radius 3 is 3.15 bits per heavy atom. The van der Waals surface area contributed by atoms with Crippen molar-refractivity contribution in [1.29, 1.82) is 0 Å². The molecule has 0 spiro atoms. The Morgan fingerprint density at radius 1 is 1.60 bits per heavy atom. The lowest BCUT2D eigenvalue weighted by atomic mass is 9.96. The zero-order chi connectivity index (χ0) is 14.4. The van der Waals surface area contributed by atoms with Gasteiger partial charge in [-0.1, -0.05) is 19.4 Å². The summed E-state index contributed by atoms with van der Waals surface area (Å²) in [6.07, 6.45) is 3.69. The molecule has 1 aliphatic heterocycles. The van der Waals surface area contributed by atoms with Crippen LogP contribution in [0, 0.1) is 0 Å². The molecule has 0 radical (unpaired) electrons. The number of hydrogen-bond donors (Lipinski definition) is 2. The molecule has 1 amide bonds. The van der Waals surface area contributed by atoms with Crippen LogP contribution >= 0.6 is 11.3 Å². The summed E-state index contributed by atoms with van der Waals surface area (Å²) in [4.78, 5) is 15.3. The lowest BCUT2D eigenvalue weighted by Crippen LogP contribution is -2.50. The molecule has 1 fully saturated rings.